The smallest absolute Gasteiger partial charge is 0.162 e. The molecule has 0 amide bonds. The van der Waals surface area contributed by atoms with Gasteiger partial charge in [0.1, 0.15) is 11.6 Å². The van der Waals surface area contributed by atoms with Crippen LogP contribution in [0, 0.1) is 5.82 Å². The van der Waals surface area contributed by atoms with E-state index in [1.54, 1.807) is 12.1 Å². The van der Waals surface area contributed by atoms with E-state index >= 15 is 0 Å². The predicted molar refractivity (Wildman–Crippen MR) is 114 cm³/mol. The molecule has 5 rings (SSSR count). The van der Waals surface area contributed by atoms with Crippen molar-refractivity contribution in [2.45, 2.75) is 13.0 Å². The van der Waals surface area contributed by atoms with E-state index in [-0.39, 0.29) is 5.82 Å². The number of hydrogen-bond donors (Lipinski definition) is 0. The maximum atomic E-state index is 14.5. The minimum absolute atomic E-state index is 0.278. The molecule has 3 aromatic carbocycles. The first-order valence-corrected chi connectivity index (χ1v) is 9.79. The van der Waals surface area contributed by atoms with Crippen LogP contribution in [0.25, 0.3) is 22.6 Å². The van der Waals surface area contributed by atoms with E-state index in [1.807, 2.05) is 42.5 Å². The summed E-state index contributed by atoms with van der Waals surface area (Å²) < 4.78 is 14.5. The summed E-state index contributed by atoms with van der Waals surface area (Å²) in [4.78, 5) is 11.8. The van der Waals surface area contributed by atoms with Gasteiger partial charge in [0.25, 0.3) is 0 Å². The first-order valence-electron chi connectivity index (χ1n) is 9.79. The molecule has 29 heavy (non-hydrogen) atoms. The van der Waals surface area contributed by atoms with Gasteiger partial charge in [-0.15, -0.1) is 0 Å². The van der Waals surface area contributed by atoms with Gasteiger partial charge in [-0.2, -0.15) is 0 Å². The summed E-state index contributed by atoms with van der Waals surface area (Å²) in [5.74, 6) is 1.16. The van der Waals surface area contributed by atoms with Gasteiger partial charge >= 0.3 is 0 Å². The molecule has 0 atom stereocenters. The summed E-state index contributed by atoms with van der Waals surface area (Å²) in [6.45, 7) is 1.66. The summed E-state index contributed by atoms with van der Waals surface area (Å²) >= 11 is 0. The third-order valence-electron chi connectivity index (χ3n) is 5.35. The Morgan fingerprint density at radius 2 is 1.48 bits per heavy atom. The van der Waals surface area contributed by atoms with Crippen LogP contribution in [-0.2, 0) is 13.0 Å². The fourth-order valence-corrected chi connectivity index (χ4v) is 3.81. The molecule has 0 unspecified atom stereocenters. The lowest BCUT2D eigenvalue weighted by Crippen LogP contribution is -2.31. The first-order chi connectivity index (χ1) is 14.3. The van der Waals surface area contributed by atoms with Gasteiger partial charge in [0, 0.05) is 30.3 Å². The molecule has 4 aromatic rings. The third kappa shape index (κ3) is 3.49. The van der Waals surface area contributed by atoms with Crippen LogP contribution in [0.3, 0.4) is 0 Å². The highest BCUT2D eigenvalue weighted by Crippen LogP contribution is 2.30. The minimum atomic E-state index is -0.278. The Hall–Kier alpha value is -3.53. The number of rotatable bonds is 3. The maximum absolute atomic E-state index is 14.5. The zero-order chi connectivity index (χ0) is 19.6. The van der Waals surface area contributed by atoms with Crippen LogP contribution in [-0.4, -0.2) is 16.5 Å². The topological polar surface area (TPSA) is 29.0 Å². The Labute approximate surface area is 169 Å². The molecule has 0 fully saturated rings. The zero-order valence-corrected chi connectivity index (χ0v) is 15.9. The summed E-state index contributed by atoms with van der Waals surface area (Å²) in [5.41, 5.74) is 4.71. The van der Waals surface area contributed by atoms with Gasteiger partial charge in [0.2, 0.25) is 0 Å². The highest BCUT2D eigenvalue weighted by Gasteiger charge is 2.20. The van der Waals surface area contributed by atoms with Gasteiger partial charge in [-0.3, -0.25) is 0 Å². The second kappa shape index (κ2) is 7.47. The van der Waals surface area contributed by atoms with Gasteiger partial charge < -0.3 is 4.90 Å². The van der Waals surface area contributed by atoms with Crippen molar-refractivity contribution >= 4 is 5.82 Å². The predicted octanol–water partition coefficient (Wildman–Crippen LogP) is 5.51. The van der Waals surface area contributed by atoms with Gasteiger partial charge in [0.15, 0.2) is 5.82 Å². The van der Waals surface area contributed by atoms with Gasteiger partial charge in [0.05, 0.1) is 5.69 Å². The number of anilines is 1. The quantitative estimate of drug-likeness (QED) is 0.468. The molecule has 0 N–H and O–H groups in total. The van der Waals surface area contributed by atoms with Crippen molar-refractivity contribution in [3.05, 3.63) is 102 Å². The van der Waals surface area contributed by atoms with E-state index < -0.39 is 0 Å². The zero-order valence-electron chi connectivity index (χ0n) is 15.9. The Bertz CT molecular complexity index is 1160. The lowest BCUT2D eigenvalue weighted by Gasteiger charge is -2.30. The van der Waals surface area contributed by atoms with Crippen molar-refractivity contribution < 1.29 is 4.39 Å². The average Bonchev–Trinajstić information content (AvgIpc) is 2.79. The summed E-state index contributed by atoms with van der Waals surface area (Å²) in [6, 6.07) is 27.0. The second-order valence-corrected chi connectivity index (χ2v) is 7.22. The Balaban J connectivity index is 1.62. The Morgan fingerprint density at radius 1 is 0.759 bits per heavy atom. The molecule has 0 saturated carbocycles. The fourth-order valence-electron chi connectivity index (χ4n) is 3.81. The Morgan fingerprint density at radius 3 is 2.31 bits per heavy atom. The molecule has 1 aliphatic rings. The molecule has 1 aromatic heterocycles. The third-order valence-corrected chi connectivity index (χ3v) is 5.35. The monoisotopic (exact) mass is 381 g/mol. The summed E-state index contributed by atoms with van der Waals surface area (Å²) in [5, 5.41) is 0. The normalized spacial score (nSPS) is 13.2. The lowest BCUT2D eigenvalue weighted by molar-refractivity contribution is 0.630. The van der Waals surface area contributed by atoms with Crippen LogP contribution in [0.1, 0.15) is 11.1 Å². The molecule has 2 heterocycles. The lowest BCUT2D eigenvalue weighted by atomic mass is 10.00. The van der Waals surface area contributed by atoms with Gasteiger partial charge in [-0.1, -0.05) is 66.7 Å². The number of halogens is 1. The number of nitrogens with zero attached hydrogens (tertiary/aromatic N) is 3. The number of benzene rings is 3. The maximum Gasteiger partial charge on any atom is 0.162 e. The number of fused-ring (bicyclic) bond motifs is 1. The molecule has 0 saturated heterocycles. The molecule has 3 nitrogen and oxygen atoms in total. The van der Waals surface area contributed by atoms with Crippen LogP contribution in [0.2, 0.25) is 0 Å². The molecule has 0 bridgehead atoms. The molecule has 142 valence electrons. The van der Waals surface area contributed by atoms with Crippen molar-refractivity contribution in [3.8, 4) is 22.6 Å². The molecule has 1 aliphatic heterocycles. The van der Waals surface area contributed by atoms with Crippen molar-refractivity contribution in [2.24, 2.45) is 0 Å². The number of hydrogen-bond acceptors (Lipinski definition) is 3. The highest BCUT2D eigenvalue weighted by atomic mass is 19.1. The van der Waals surface area contributed by atoms with E-state index in [0.29, 0.717) is 17.1 Å². The SMILES string of the molecule is Fc1ccccc1-c1cc(N2CCc3ccccc3C2)nc(-c2ccccc2)n1. The van der Waals surface area contributed by atoms with Crippen LogP contribution in [0.15, 0.2) is 84.9 Å². The molecule has 0 aliphatic carbocycles. The molecular weight excluding hydrogens is 361 g/mol. The molecule has 0 spiro atoms. The van der Waals surface area contributed by atoms with E-state index in [0.717, 1.165) is 30.9 Å². The number of aromatic nitrogens is 2. The van der Waals surface area contributed by atoms with E-state index in [2.05, 4.69) is 29.2 Å². The summed E-state index contributed by atoms with van der Waals surface area (Å²) in [6.07, 6.45) is 0.968. The molecular formula is C25H20FN3. The first kappa shape index (κ1) is 17.6. The standard InChI is InChI=1S/C25H20FN3/c26-22-13-7-6-12-21(22)23-16-24(28-25(27-23)19-9-2-1-3-10-19)29-15-14-18-8-4-5-11-20(18)17-29/h1-13,16H,14-15,17H2. The van der Waals surface area contributed by atoms with Crippen molar-refractivity contribution in [2.75, 3.05) is 11.4 Å². The van der Waals surface area contributed by atoms with Crippen LogP contribution >= 0.6 is 0 Å². The fraction of sp³-hybridized carbons (Fsp3) is 0.120. The van der Waals surface area contributed by atoms with E-state index in [4.69, 9.17) is 9.97 Å². The highest BCUT2D eigenvalue weighted by molar-refractivity contribution is 5.68. The average molecular weight is 381 g/mol. The van der Waals surface area contributed by atoms with E-state index in [9.17, 15) is 4.39 Å². The summed E-state index contributed by atoms with van der Waals surface area (Å²) in [7, 11) is 0. The molecule has 4 heteroatoms. The van der Waals surface area contributed by atoms with Crippen molar-refractivity contribution in [3.63, 3.8) is 0 Å². The second-order valence-electron chi connectivity index (χ2n) is 7.22. The van der Waals surface area contributed by atoms with Crippen LogP contribution in [0.5, 0.6) is 0 Å². The van der Waals surface area contributed by atoms with Gasteiger partial charge in [-0.25, -0.2) is 14.4 Å². The van der Waals surface area contributed by atoms with Crippen molar-refractivity contribution in [1.29, 1.82) is 0 Å². The van der Waals surface area contributed by atoms with E-state index in [1.165, 1.54) is 17.2 Å². The van der Waals surface area contributed by atoms with Crippen LogP contribution in [0.4, 0.5) is 10.2 Å². The minimum Gasteiger partial charge on any atom is -0.352 e. The molecule has 0 radical (unpaired) electrons. The van der Waals surface area contributed by atoms with Crippen molar-refractivity contribution in [1.82, 2.24) is 9.97 Å². The Kier molecular flexibility index (Phi) is 4.53. The largest absolute Gasteiger partial charge is 0.352 e. The van der Waals surface area contributed by atoms with Gasteiger partial charge in [-0.05, 0) is 29.7 Å². The van der Waals surface area contributed by atoms with Crippen LogP contribution < -0.4 is 4.90 Å².